The number of furan rings is 1. The number of hydrogen-bond acceptors (Lipinski definition) is 4. The van der Waals surface area contributed by atoms with Crippen LogP contribution in [0.15, 0.2) is 23.0 Å². The third-order valence-corrected chi connectivity index (χ3v) is 3.68. The van der Waals surface area contributed by atoms with E-state index in [4.69, 9.17) is 9.52 Å². The first kappa shape index (κ1) is 23.2. The van der Waals surface area contributed by atoms with Crippen molar-refractivity contribution in [2.75, 3.05) is 13.2 Å². The molecule has 1 saturated carbocycles. The first-order valence-electron chi connectivity index (χ1n) is 9.33. The van der Waals surface area contributed by atoms with Crippen LogP contribution in [0.1, 0.15) is 76.6 Å². The highest BCUT2D eigenvalue weighted by molar-refractivity contribution is 5.99. The molecule has 1 aromatic rings. The summed E-state index contributed by atoms with van der Waals surface area (Å²) in [6, 6.07) is 1.57. The summed E-state index contributed by atoms with van der Waals surface area (Å²) < 4.78 is 4.89. The van der Waals surface area contributed by atoms with Crippen molar-refractivity contribution in [2.45, 2.75) is 71.8 Å². The van der Waals surface area contributed by atoms with Gasteiger partial charge >= 0.3 is 0 Å². The smallest absolute Gasteiger partial charge is 0.255 e. The van der Waals surface area contributed by atoms with Crippen molar-refractivity contribution in [2.24, 2.45) is 0 Å². The Kier molecular flexibility index (Phi) is 12.5. The Hall–Kier alpha value is -1.82. The van der Waals surface area contributed by atoms with Gasteiger partial charge in [-0.1, -0.05) is 53.4 Å². The molecule has 1 aliphatic rings. The van der Waals surface area contributed by atoms with Crippen molar-refractivity contribution in [1.29, 1.82) is 0 Å². The van der Waals surface area contributed by atoms with Crippen LogP contribution >= 0.6 is 0 Å². The monoisotopic (exact) mass is 354 g/mol. The third kappa shape index (κ3) is 7.73. The Balaban J connectivity index is 0.00000104. The Morgan fingerprint density at radius 3 is 2.28 bits per heavy atom. The SMILES string of the molecule is CC.CCC.O=C(NC1(C(=O)NCCO)CCCCC1)c1ccoc1. The number of rotatable bonds is 5. The fraction of sp³-hybridized carbons (Fsp3) is 0.684. The molecule has 1 aliphatic carbocycles. The van der Waals surface area contributed by atoms with E-state index in [0.29, 0.717) is 18.4 Å². The van der Waals surface area contributed by atoms with Crippen molar-refractivity contribution in [3.63, 3.8) is 0 Å². The van der Waals surface area contributed by atoms with Crippen molar-refractivity contribution in [3.05, 3.63) is 24.2 Å². The first-order chi connectivity index (χ1) is 12.1. The van der Waals surface area contributed by atoms with Crippen molar-refractivity contribution in [1.82, 2.24) is 10.6 Å². The topological polar surface area (TPSA) is 91.6 Å². The summed E-state index contributed by atoms with van der Waals surface area (Å²) >= 11 is 0. The molecule has 1 fully saturated rings. The number of nitrogens with one attached hydrogen (secondary N) is 2. The number of amides is 2. The third-order valence-electron chi connectivity index (χ3n) is 3.68. The van der Waals surface area contributed by atoms with Gasteiger partial charge in [0.15, 0.2) is 0 Å². The van der Waals surface area contributed by atoms with E-state index < -0.39 is 5.54 Å². The molecule has 3 N–H and O–H groups in total. The molecule has 2 rings (SSSR count). The van der Waals surface area contributed by atoms with Crippen LogP contribution in [0.25, 0.3) is 0 Å². The van der Waals surface area contributed by atoms with Gasteiger partial charge in [-0.05, 0) is 18.9 Å². The number of hydrogen-bond donors (Lipinski definition) is 3. The molecule has 0 atom stereocenters. The summed E-state index contributed by atoms with van der Waals surface area (Å²) in [5.41, 5.74) is -0.466. The highest BCUT2D eigenvalue weighted by atomic mass is 16.3. The molecule has 0 unspecified atom stereocenters. The van der Waals surface area contributed by atoms with E-state index in [1.54, 1.807) is 6.07 Å². The number of aliphatic hydroxyl groups excluding tert-OH is 1. The van der Waals surface area contributed by atoms with Crippen LogP contribution in [-0.4, -0.2) is 35.6 Å². The summed E-state index contributed by atoms with van der Waals surface area (Å²) in [4.78, 5) is 24.5. The highest BCUT2D eigenvalue weighted by Gasteiger charge is 2.40. The molecule has 144 valence electrons. The van der Waals surface area contributed by atoms with Gasteiger partial charge in [0, 0.05) is 6.54 Å². The van der Waals surface area contributed by atoms with Crippen LogP contribution in [0, 0.1) is 0 Å². The maximum absolute atomic E-state index is 12.3. The second-order valence-corrected chi connectivity index (χ2v) is 5.80. The van der Waals surface area contributed by atoms with Gasteiger partial charge in [0.25, 0.3) is 5.91 Å². The van der Waals surface area contributed by atoms with Crippen LogP contribution in [0.4, 0.5) is 0 Å². The predicted octanol–water partition coefficient (Wildman–Crippen LogP) is 3.26. The largest absolute Gasteiger partial charge is 0.472 e. The van der Waals surface area contributed by atoms with Crippen LogP contribution in [-0.2, 0) is 4.79 Å². The minimum Gasteiger partial charge on any atom is -0.472 e. The normalized spacial score (nSPS) is 14.9. The summed E-state index contributed by atoms with van der Waals surface area (Å²) in [5.74, 6) is -0.525. The van der Waals surface area contributed by atoms with Crippen molar-refractivity contribution >= 4 is 11.8 Å². The van der Waals surface area contributed by atoms with Crippen LogP contribution in [0.2, 0.25) is 0 Å². The number of carbonyl (C=O) groups is 2. The average Bonchev–Trinajstić information content (AvgIpc) is 3.17. The van der Waals surface area contributed by atoms with E-state index in [-0.39, 0.29) is 25.0 Å². The van der Waals surface area contributed by atoms with Gasteiger partial charge in [-0.2, -0.15) is 0 Å². The minimum absolute atomic E-state index is 0.114. The molecule has 2 amide bonds. The lowest BCUT2D eigenvalue weighted by Crippen LogP contribution is -2.60. The molecule has 0 bridgehead atoms. The molecule has 0 radical (unpaired) electrons. The van der Waals surface area contributed by atoms with Crippen LogP contribution < -0.4 is 10.6 Å². The molecule has 6 nitrogen and oxygen atoms in total. The fourth-order valence-corrected chi connectivity index (χ4v) is 2.59. The number of carbonyl (C=O) groups excluding carboxylic acids is 2. The van der Waals surface area contributed by atoms with Crippen LogP contribution in [0.5, 0.6) is 0 Å². The standard InChI is InChI=1S/C14H20N2O4.C3H8.C2H6/c17-8-7-15-13(19)14(5-2-1-3-6-14)16-12(18)11-4-9-20-10-11;1-3-2;1-2/h4,9-10,17H,1-3,5-8H2,(H,15,19)(H,16,18);3H2,1-2H3;1-2H3. The van der Waals surface area contributed by atoms with E-state index in [0.717, 1.165) is 19.3 Å². The van der Waals surface area contributed by atoms with E-state index in [1.807, 2.05) is 13.8 Å². The lowest BCUT2D eigenvalue weighted by Gasteiger charge is -2.36. The molecule has 1 heterocycles. The van der Waals surface area contributed by atoms with Crippen LogP contribution in [0.3, 0.4) is 0 Å². The van der Waals surface area contributed by atoms with Gasteiger partial charge in [0.05, 0.1) is 18.4 Å². The molecule has 25 heavy (non-hydrogen) atoms. The second kappa shape index (κ2) is 13.5. The van der Waals surface area contributed by atoms with E-state index in [2.05, 4.69) is 24.5 Å². The zero-order chi connectivity index (χ0) is 19.1. The maximum Gasteiger partial charge on any atom is 0.255 e. The second-order valence-electron chi connectivity index (χ2n) is 5.80. The fourth-order valence-electron chi connectivity index (χ4n) is 2.59. The van der Waals surface area contributed by atoms with Crippen molar-refractivity contribution in [3.8, 4) is 0 Å². The summed E-state index contributed by atoms with van der Waals surface area (Å²) in [5, 5.41) is 14.3. The van der Waals surface area contributed by atoms with Gasteiger partial charge in [-0.15, -0.1) is 0 Å². The summed E-state index contributed by atoms with van der Waals surface area (Å²) in [7, 11) is 0. The molecule has 0 aromatic carbocycles. The predicted molar refractivity (Wildman–Crippen MR) is 99.4 cm³/mol. The Morgan fingerprint density at radius 2 is 1.80 bits per heavy atom. The van der Waals surface area contributed by atoms with Gasteiger partial charge < -0.3 is 20.2 Å². The first-order valence-corrected chi connectivity index (χ1v) is 9.33. The molecule has 1 aromatic heterocycles. The quantitative estimate of drug-likeness (QED) is 0.757. The lowest BCUT2D eigenvalue weighted by molar-refractivity contribution is -0.128. The highest BCUT2D eigenvalue weighted by Crippen LogP contribution is 2.29. The Labute approximate surface area is 151 Å². The molecule has 0 aliphatic heterocycles. The minimum atomic E-state index is -0.873. The van der Waals surface area contributed by atoms with Gasteiger partial charge in [-0.25, -0.2) is 0 Å². The zero-order valence-corrected chi connectivity index (χ0v) is 16.1. The Morgan fingerprint density at radius 1 is 1.20 bits per heavy atom. The molecule has 6 heteroatoms. The average molecular weight is 354 g/mol. The lowest BCUT2D eigenvalue weighted by atomic mass is 9.80. The molecular formula is C19H34N2O4. The maximum atomic E-state index is 12.3. The van der Waals surface area contributed by atoms with Gasteiger partial charge in [-0.3, -0.25) is 9.59 Å². The van der Waals surface area contributed by atoms with Crippen molar-refractivity contribution < 1.29 is 19.1 Å². The summed E-state index contributed by atoms with van der Waals surface area (Å²) in [6.07, 6.45) is 8.14. The van der Waals surface area contributed by atoms with E-state index in [9.17, 15) is 9.59 Å². The van der Waals surface area contributed by atoms with E-state index in [1.165, 1.54) is 18.9 Å². The molecule has 0 spiro atoms. The van der Waals surface area contributed by atoms with Gasteiger partial charge in [0.1, 0.15) is 11.8 Å². The van der Waals surface area contributed by atoms with E-state index >= 15 is 0 Å². The Bertz CT molecular complexity index is 466. The molecule has 0 saturated heterocycles. The summed E-state index contributed by atoms with van der Waals surface area (Å²) in [6.45, 7) is 8.33. The van der Waals surface area contributed by atoms with Gasteiger partial charge in [0.2, 0.25) is 5.91 Å². The zero-order valence-electron chi connectivity index (χ0n) is 16.1. The number of aliphatic hydroxyl groups is 1. The molecular weight excluding hydrogens is 320 g/mol.